The van der Waals surface area contributed by atoms with Crippen molar-refractivity contribution in [1.82, 2.24) is 25.1 Å². The molecule has 2 aliphatic rings. The SMILES string of the molecule is O=C(N1CC(Oc2nc(-c3ccn[nH]3)ccc2F)C1)N1N=CCC1c1cc(F)cc(F)c1. The molecule has 1 atom stereocenters. The average Bonchev–Trinajstić information content (AvgIpc) is 3.42. The molecule has 1 unspecified atom stereocenters. The predicted octanol–water partition coefficient (Wildman–Crippen LogP) is 3.50. The van der Waals surface area contributed by atoms with Crippen molar-refractivity contribution >= 4 is 12.2 Å². The number of aromatic amines is 1. The van der Waals surface area contributed by atoms with E-state index in [4.69, 9.17) is 4.74 Å². The summed E-state index contributed by atoms with van der Waals surface area (Å²) in [4.78, 5) is 18.5. The van der Waals surface area contributed by atoms with Gasteiger partial charge < -0.3 is 9.64 Å². The number of aromatic nitrogens is 3. The molecule has 164 valence electrons. The quantitative estimate of drug-likeness (QED) is 0.670. The van der Waals surface area contributed by atoms with Crippen molar-refractivity contribution in [3.63, 3.8) is 0 Å². The van der Waals surface area contributed by atoms with Crippen LogP contribution in [0.3, 0.4) is 0 Å². The van der Waals surface area contributed by atoms with Gasteiger partial charge in [-0.2, -0.15) is 10.2 Å². The molecule has 0 bridgehead atoms. The van der Waals surface area contributed by atoms with E-state index >= 15 is 0 Å². The zero-order chi connectivity index (χ0) is 22.2. The zero-order valence-electron chi connectivity index (χ0n) is 16.6. The Bertz CT molecular complexity index is 1160. The third kappa shape index (κ3) is 3.77. The van der Waals surface area contributed by atoms with Crippen LogP contribution in [0.2, 0.25) is 0 Å². The molecule has 5 rings (SSSR count). The van der Waals surface area contributed by atoms with Crippen LogP contribution >= 0.6 is 0 Å². The highest BCUT2D eigenvalue weighted by molar-refractivity contribution is 5.79. The van der Waals surface area contributed by atoms with E-state index in [1.807, 2.05) is 0 Å². The van der Waals surface area contributed by atoms with Crippen LogP contribution < -0.4 is 4.74 Å². The topological polar surface area (TPSA) is 86.7 Å². The average molecular weight is 442 g/mol. The van der Waals surface area contributed by atoms with E-state index < -0.39 is 35.6 Å². The lowest BCUT2D eigenvalue weighted by Crippen LogP contribution is -2.59. The number of nitrogens with one attached hydrogen (secondary N) is 1. The molecule has 8 nitrogen and oxygen atoms in total. The lowest BCUT2D eigenvalue weighted by Gasteiger charge is -2.40. The smallest absolute Gasteiger partial charge is 0.341 e. The van der Waals surface area contributed by atoms with Gasteiger partial charge in [-0.1, -0.05) is 0 Å². The van der Waals surface area contributed by atoms with E-state index in [0.29, 0.717) is 23.4 Å². The Balaban J connectivity index is 1.23. The zero-order valence-corrected chi connectivity index (χ0v) is 16.6. The van der Waals surface area contributed by atoms with Crippen molar-refractivity contribution in [3.8, 4) is 17.3 Å². The molecule has 1 aromatic carbocycles. The molecule has 4 heterocycles. The van der Waals surface area contributed by atoms with Crippen molar-refractivity contribution in [2.24, 2.45) is 5.10 Å². The fourth-order valence-electron chi connectivity index (χ4n) is 3.67. The van der Waals surface area contributed by atoms with Gasteiger partial charge in [0.25, 0.3) is 5.88 Å². The monoisotopic (exact) mass is 442 g/mol. The summed E-state index contributed by atoms with van der Waals surface area (Å²) in [5.41, 5.74) is 1.42. The first kappa shape index (κ1) is 20.0. The van der Waals surface area contributed by atoms with E-state index in [1.165, 1.54) is 40.4 Å². The van der Waals surface area contributed by atoms with E-state index in [-0.39, 0.29) is 19.0 Å². The van der Waals surface area contributed by atoms with Crippen LogP contribution in [-0.2, 0) is 0 Å². The summed E-state index contributed by atoms with van der Waals surface area (Å²) >= 11 is 0. The molecular weight excluding hydrogens is 425 g/mol. The molecule has 32 heavy (non-hydrogen) atoms. The van der Waals surface area contributed by atoms with Crippen molar-refractivity contribution in [3.05, 3.63) is 65.6 Å². The van der Waals surface area contributed by atoms with Crippen LogP contribution in [0.5, 0.6) is 5.88 Å². The van der Waals surface area contributed by atoms with E-state index in [0.717, 1.165) is 6.07 Å². The van der Waals surface area contributed by atoms with Crippen LogP contribution in [0.15, 0.2) is 47.7 Å². The highest BCUT2D eigenvalue weighted by Gasteiger charge is 2.39. The number of carbonyl (C=O) groups excluding carboxylic acids is 1. The second kappa shape index (κ2) is 7.98. The summed E-state index contributed by atoms with van der Waals surface area (Å²) in [6.07, 6.45) is 2.98. The summed E-state index contributed by atoms with van der Waals surface area (Å²) in [6, 6.07) is 6.58. The van der Waals surface area contributed by atoms with E-state index in [9.17, 15) is 18.0 Å². The summed E-state index contributed by atoms with van der Waals surface area (Å²) in [6.45, 7) is 0.398. The maximum atomic E-state index is 14.2. The van der Waals surface area contributed by atoms with Crippen LogP contribution in [0.1, 0.15) is 18.0 Å². The molecule has 1 fully saturated rings. The Kier molecular flexibility index (Phi) is 5.00. The minimum atomic E-state index is -0.719. The number of ether oxygens (including phenoxy) is 1. The summed E-state index contributed by atoms with van der Waals surface area (Å²) in [7, 11) is 0. The van der Waals surface area contributed by atoms with Gasteiger partial charge in [0.05, 0.1) is 30.5 Å². The first-order valence-corrected chi connectivity index (χ1v) is 9.87. The minimum Gasteiger partial charge on any atom is -0.468 e. The van der Waals surface area contributed by atoms with Gasteiger partial charge in [-0.25, -0.2) is 28.0 Å². The molecule has 0 aliphatic carbocycles. The van der Waals surface area contributed by atoms with Gasteiger partial charge in [0.2, 0.25) is 0 Å². The maximum Gasteiger partial charge on any atom is 0.341 e. The number of hydrogen-bond donors (Lipinski definition) is 1. The molecule has 0 spiro atoms. The fourth-order valence-corrected chi connectivity index (χ4v) is 3.67. The van der Waals surface area contributed by atoms with Gasteiger partial charge in [0.1, 0.15) is 17.7 Å². The third-order valence-corrected chi connectivity index (χ3v) is 5.28. The molecule has 0 radical (unpaired) electrons. The number of rotatable bonds is 4. The number of hydrazone groups is 1. The van der Waals surface area contributed by atoms with Gasteiger partial charge in [0, 0.05) is 24.9 Å². The first-order valence-electron chi connectivity index (χ1n) is 9.87. The first-order chi connectivity index (χ1) is 15.5. The Morgan fingerprint density at radius 1 is 1.09 bits per heavy atom. The highest BCUT2D eigenvalue weighted by atomic mass is 19.1. The van der Waals surface area contributed by atoms with Crippen LogP contribution in [-0.4, -0.2) is 56.5 Å². The van der Waals surface area contributed by atoms with Crippen LogP contribution in [0.25, 0.3) is 11.4 Å². The van der Waals surface area contributed by atoms with Crippen LogP contribution in [0, 0.1) is 17.5 Å². The van der Waals surface area contributed by atoms with E-state index in [1.54, 1.807) is 12.3 Å². The number of H-pyrrole nitrogens is 1. The largest absolute Gasteiger partial charge is 0.468 e. The van der Waals surface area contributed by atoms with Gasteiger partial charge in [-0.15, -0.1) is 0 Å². The Morgan fingerprint density at radius 3 is 2.59 bits per heavy atom. The van der Waals surface area contributed by atoms with Crippen LogP contribution in [0.4, 0.5) is 18.0 Å². The third-order valence-electron chi connectivity index (χ3n) is 5.28. The van der Waals surface area contributed by atoms with Crippen molar-refractivity contribution in [2.75, 3.05) is 13.1 Å². The maximum absolute atomic E-state index is 14.2. The van der Waals surface area contributed by atoms with Gasteiger partial charge in [-0.05, 0) is 35.9 Å². The molecular formula is C21H17F3N6O2. The standard InChI is InChI=1S/C21H17F3N6O2/c22-13-7-12(8-14(23)9-13)19-4-6-26-30(19)21(31)29-10-15(11-29)32-20-16(24)1-2-17(27-20)18-3-5-25-28-18/h1-3,5-9,15,19H,4,10-11H2,(H,25,28). The fraction of sp³-hybridized carbons (Fsp3) is 0.238. The molecule has 3 aromatic rings. The molecule has 0 saturated carbocycles. The number of hydrogen-bond acceptors (Lipinski definition) is 5. The normalized spacial score (nSPS) is 18.2. The number of carbonyl (C=O) groups is 1. The second-order valence-corrected chi connectivity index (χ2v) is 7.48. The molecule has 2 amide bonds. The molecule has 2 aromatic heterocycles. The summed E-state index contributed by atoms with van der Waals surface area (Å²) < 4.78 is 47.0. The molecule has 11 heteroatoms. The summed E-state index contributed by atoms with van der Waals surface area (Å²) in [5, 5.41) is 11.9. The lowest BCUT2D eigenvalue weighted by molar-refractivity contribution is 0.0231. The number of pyridine rings is 1. The van der Waals surface area contributed by atoms with Crippen molar-refractivity contribution in [1.29, 1.82) is 0 Å². The number of likely N-dealkylation sites (tertiary alicyclic amines) is 1. The van der Waals surface area contributed by atoms with Gasteiger partial charge in [0.15, 0.2) is 5.82 Å². The van der Waals surface area contributed by atoms with E-state index in [2.05, 4.69) is 20.3 Å². The number of benzene rings is 1. The van der Waals surface area contributed by atoms with Crippen molar-refractivity contribution in [2.45, 2.75) is 18.6 Å². The Hall–Kier alpha value is -3.89. The Labute approximate surface area is 180 Å². The molecule has 2 aliphatic heterocycles. The number of nitrogens with zero attached hydrogens (tertiary/aromatic N) is 5. The van der Waals surface area contributed by atoms with Gasteiger partial charge in [-0.3, -0.25) is 5.10 Å². The second-order valence-electron chi connectivity index (χ2n) is 7.48. The lowest BCUT2D eigenvalue weighted by atomic mass is 10.0. The Morgan fingerprint density at radius 2 is 1.88 bits per heavy atom. The van der Waals surface area contributed by atoms with Gasteiger partial charge >= 0.3 is 6.03 Å². The highest BCUT2D eigenvalue weighted by Crippen LogP contribution is 2.32. The summed E-state index contributed by atoms with van der Waals surface area (Å²) in [5.74, 6) is -2.22. The number of urea groups is 1. The number of amides is 2. The molecule has 1 N–H and O–H groups in total. The minimum absolute atomic E-state index is 0.165. The molecule has 1 saturated heterocycles. The number of halogens is 3. The predicted molar refractivity (Wildman–Crippen MR) is 107 cm³/mol. The van der Waals surface area contributed by atoms with Crippen molar-refractivity contribution < 1.29 is 22.7 Å².